The number of aliphatic hydroxyl groups is 3. The van der Waals surface area contributed by atoms with E-state index in [0.29, 0.717) is 6.54 Å². The lowest BCUT2D eigenvalue weighted by molar-refractivity contribution is -0.0679. The molecule has 4 N–H and O–H groups in total. The van der Waals surface area contributed by atoms with E-state index in [1.165, 1.54) is 0 Å². The zero-order valence-electron chi connectivity index (χ0n) is 9.47. The molecule has 0 saturated carbocycles. The monoisotopic (exact) mass is 227 g/mol. The fourth-order valence-electron chi connectivity index (χ4n) is 2.21. The average molecular weight is 227 g/mol. The summed E-state index contributed by atoms with van der Waals surface area (Å²) in [6.45, 7) is 0.280. The second-order valence-corrected chi connectivity index (χ2v) is 4.37. The Morgan fingerprint density at radius 3 is 2.69 bits per heavy atom. The Kier molecular flexibility index (Phi) is 5.78. The zero-order chi connectivity index (χ0) is 12.0. The maximum atomic E-state index is 9.73. The molecule has 0 aromatic rings. The van der Waals surface area contributed by atoms with E-state index in [1.807, 2.05) is 0 Å². The van der Waals surface area contributed by atoms with Crippen LogP contribution < -0.4 is 5.32 Å². The van der Waals surface area contributed by atoms with E-state index in [0.717, 1.165) is 25.7 Å². The lowest BCUT2D eigenvalue weighted by atomic mass is 9.84. The average Bonchev–Trinajstić information content (AvgIpc) is 2.29. The van der Waals surface area contributed by atoms with Crippen LogP contribution in [0.4, 0.5) is 0 Å². The van der Waals surface area contributed by atoms with Gasteiger partial charge in [0.2, 0.25) is 0 Å². The van der Waals surface area contributed by atoms with E-state index in [4.69, 9.17) is 6.42 Å². The topological polar surface area (TPSA) is 72.7 Å². The number of aliphatic hydroxyl groups excluding tert-OH is 3. The molecule has 16 heavy (non-hydrogen) atoms. The first-order chi connectivity index (χ1) is 7.70. The number of unbranched alkanes of at least 4 members (excludes halogenated alkanes) is 2. The molecule has 0 unspecified atom stereocenters. The van der Waals surface area contributed by atoms with Crippen LogP contribution in [-0.4, -0.2) is 46.7 Å². The standard InChI is InChI=1S/C12H21NO3/c1-2-3-4-5-6-10-9(8-14)12(16)11(15)7-13-10/h1,9-16H,3-8H2/t9-,10+,11+,12-/m0/s1. The van der Waals surface area contributed by atoms with E-state index in [-0.39, 0.29) is 18.6 Å². The van der Waals surface area contributed by atoms with E-state index in [9.17, 15) is 15.3 Å². The van der Waals surface area contributed by atoms with Gasteiger partial charge in [0, 0.05) is 31.5 Å². The molecule has 4 heteroatoms. The molecule has 4 atom stereocenters. The third-order valence-electron chi connectivity index (χ3n) is 3.24. The summed E-state index contributed by atoms with van der Waals surface area (Å²) in [5.74, 6) is 2.30. The van der Waals surface area contributed by atoms with E-state index in [2.05, 4.69) is 11.2 Å². The molecule has 0 spiro atoms. The first kappa shape index (κ1) is 13.5. The Morgan fingerprint density at radius 2 is 2.06 bits per heavy atom. The van der Waals surface area contributed by atoms with Gasteiger partial charge in [0.1, 0.15) is 0 Å². The van der Waals surface area contributed by atoms with Gasteiger partial charge >= 0.3 is 0 Å². The SMILES string of the molecule is C#CCCCC[C@H]1NC[C@@H](O)[C@@H](O)[C@H]1CO. The third-order valence-corrected chi connectivity index (χ3v) is 3.24. The maximum Gasteiger partial charge on any atom is 0.0927 e. The van der Waals surface area contributed by atoms with Gasteiger partial charge in [-0.15, -0.1) is 12.3 Å². The zero-order valence-corrected chi connectivity index (χ0v) is 9.47. The van der Waals surface area contributed by atoms with Gasteiger partial charge in [0.25, 0.3) is 0 Å². The Bertz CT molecular complexity index is 239. The molecule has 92 valence electrons. The molecule has 0 aliphatic carbocycles. The van der Waals surface area contributed by atoms with Crippen LogP contribution >= 0.6 is 0 Å². The van der Waals surface area contributed by atoms with Gasteiger partial charge in [0.05, 0.1) is 12.2 Å². The lowest BCUT2D eigenvalue weighted by Gasteiger charge is -2.38. The molecule has 0 aromatic heterocycles. The lowest BCUT2D eigenvalue weighted by Crippen LogP contribution is -2.57. The van der Waals surface area contributed by atoms with Crippen molar-refractivity contribution in [3.63, 3.8) is 0 Å². The normalized spacial score (nSPS) is 34.6. The van der Waals surface area contributed by atoms with Crippen LogP contribution in [0.3, 0.4) is 0 Å². The molecule has 0 amide bonds. The smallest absolute Gasteiger partial charge is 0.0927 e. The van der Waals surface area contributed by atoms with Crippen molar-refractivity contribution in [3.8, 4) is 12.3 Å². The van der Waals surface area contributed by atoms with E-state index >= 15 is 0 Å². The Hall–Kier alpha value is -0.600. The van der Waals surface area contributed by atoms with Crippen LogP contribution in [0.5, 0.6) is 0 Å². The first-order valence-corrected chi connectivity index (χ1v) is 5.84. The summed E-state index contributed by atoms with van der Waals surface area (Å²) < 4.78 is 0. The molecule has 4 nitrogen and oxygen atoms in total. The summed E-state index contributed by atoms with van der Waals surface area (Å²) in [6.07, 6.45) is 7.13. The van der Waals surface area contributed by atoms with Crippen molar-refractivity contribution in [2.75, 3.05) is 13.2 Å². The summed E-state index contributed by atoms with van der Waals surface area (Å²) >= 11 is 0. The number of hydrogen-bond acceptors (Lipinski definition) is 4. The molecule has 0 aromatic carbocycles. The van der Waals surface area contributed by atoms with Crippen LogP contribution in [0.25, 0.3) is 0 Å². The Balaban J connectivity index is 2.37. The molecule has 1 saturated heterocycles. The largest absolute Gasteiger partial charge is 0.396 e. The van der Waals surface area contributed by atoms with Crippen LogP contribution in [0, 0.1) is 18.3 Å². The second-order valence-electron chi connectivity index (χ2n) is 4.37. The van der Waals surface area contributed by atoms with Crippen LogP contribution in [0.2, 0.25) is 0 Å². The van der Waals surface area contributed by atoms with Crippen molar-refractivity contribution in [1.29, 1.82) is 0 Å². The summed E-state index contributed by atoms with van der Waals surface area (Å²) in [5.41, 5.74) is 0. The molecule has 1 rings (SSSR count). The van der Waals surface area contributed by atoms with Crippen molar-refractivity contribution in [2.24, 2.45) is 5.92 Å². The van der Waals surface area contributed by atoms with Gasteiger partial charge < -0.3 is 20.6 Å². The highest BCUT2D eigenvalue weighted by molar-refractivity contribution is 4.92. The minimum absolute atomic E-state index is 0.0705. The second kappa shape index (κ2) is 6.87. The molecule has 1 heterocycles. The van der Waals surface area contributed by atoms with Gasteiger partial charge in [-0.1, -0.05) is 6.42 Å². The fraction of sp³-hybridized carbons (Fsp3) is 0.833. The van der Waals surface area contributed by atoms with Crippen molar-refractivity contribution >= 4 is 0 Å². The fourth-order valence-corrected chi connectivity index (χ4v) is 2.21. The summed E-state index contributed by atoms with van der Waals surface area (Å²) in [5, 5.41) is 31.5. The number of rotatable bonds is 5. The highest BCUT2D eigenvalue weighted by Crippen LogP contribution is 2.21. The predicted molar refractivity (Wildman–Crippen MR) is 61.7 cm³/mol. The van der Waals surface area contributed by atoms with Crippen molar-refractivity contribution in [1.82, 2.24) is 5.32 Å². The van der Waals surface area contributed by atoms with Gasteiger partial charge in [-0.2, -0.15) is 0 Å². The van der Waals surface area contributed by atoms with Gasteiger partial charge in [-0.25, -0.2) is 0 Å². The van der Waals surface area contributed by atoms with Gasteiger partial charge in [-0.3, -0.25) is 0 Å². The molecule has 1 aliphatic heterocycles. The van der Waals surface area contributed by atoms with Crippen molar-refractivity contribution in [3.05, 3.63) is 0 Å². The van der Waals surface area contributed by atoms with Crippen molar-refractivity contribution in [2.45, 2.75) is 43.9 Å². The number of hydrogen-bond donors (Lipinski definition) is 4. The summed E-state index contributed by atoms with van der Waals surface area (Å²) in [7, 11) is 0. The predicted octanol–water partition coefficient (Wildman–Crippen LogP) is -0.518. The Labute approximate surface area is 96.7 Å². The molecule has 1 aliphatic rings. The van der Waals surface area contributed by atoms with E-state index in [1.54, 1.807) is 0 Å². The van der Waals surface area contributed by atoms with Crippen LogP contribution in [0.15, 0.2) is 0 Å². The molecule has 0 radical (unpaired) electrons. The number of terminal acetylenes is 1. The third kappa shape index (κ3) is 3.46. The van der Waals surface area contributed by atoms with Gasteiger partial charge in [-0.05, 0) is 12.8 Å². The molecule has 0 bridgehead atoms. The minimum atomic E-state index is -0.830. The summed E-state index contributed by atoms with van der Waals surface area (Å²) in [4.78, 5) is 0. The summed E-state index contributed by atoms with van der Waals surface area (Å²) in [6, 6.07) is 0.0705. The van der Waals surface area contributed by atoms with Crippen molar-refractivity contribution < 1.29 is 15.3 Å². The van der Waals surface area contributed by atoms with Crippen LogP contribution in [0.1, 0.15) is 25.7 Å². The number of nitrogens with one attached hydrogen (secondary N) is 1. The molecular formula is C12H21NO3. The van der Waals surface area contributed by atoms with E-state index < -0.39 is 12.2 Å². The first-order valence-electron chi connectivity index (χ1n) is 5.84. The van der Waals surface area contributed by atoms with Gasteiger partial charge in [0.15, 0.2) is 0 Å². The highest BCUT2D eigenvalue weighted by Gasteiger charge is 2.36. The Morgan fingerprint density at radius 1 is 1.31 bits per heavy atom. The highest BCUT2D eigenvalue weighted by atomic mass is 16.3. The molecular weight excluding hydrogens is 206 g/mol. The number of piperidine rings is 1. The quantitative estimate of drug-likeness (QED) is 0.377. The number of β-amino-alcohol motifs (C(OH)–C–C–N with tert-alkyl or cyclic N) is 1. The maximum absolute atomic E-state index is 9.73. The minimum Gasteiger partial charge on any atom is -0.396 e. The van der Waals surface area contributed by atoms with Crippen LogP contribution in [-0.2, 0) is 0 Å². The molecule has 1 fully saturated rings.